The lowest BCUT2D eigenvalue weighted by Crippen LogP contribution is -2.43. The van der Waals surface area contributed by atoms with E-state index < -0.39 is 17.9 Å². The van der Waals surface area contributed by atoms with Crippen LogP contribution in [0.1, 0.15) is 27.9 Å². The quantitative estimate of drug-likeness (QED) is 0.556. The summed E-state index contributed by atoms with van der Waals surface area (Å²) in [6, 6.07) is 11.1. The topological polar surface area (TPSA) is 75.6 Å². The smallest absolute Gasteiger partial charge is 0.328 e. The molecule has 2 rings (SSSR count). The molecule has 0 bridgehead atoms. The summed E-state index contributed by atoms with van der Waals surface area (Å²) in [4.78, 5) is 24.7. The predicted molar refractivity (Wildman–Crippen MR) is 108 cm³/mol. The first-order valence-corrected chi connectivity index (χ1v) is 9.23. The number of rotatable bonds is 6. The first kappa shape index (κ1) is 21.8. The molecule has 0 radical (unpaired) electrons. The van der Waals surface area contributed by atoms with Crippen molar-refractivity contribution < 1.29 is 19.4 Å². The molecule has 2 aromatic carbocycles. The predicted octanol–water partition coefficient (Wildman–Crippen LogP) is 3.24. The highest BCUT2D eigenvalue weighted by Crippen LogP contribution is 2.24. The largest absolute Gasteiger partial charge is 0.467 e. The molecule has 0 saturated heterocycles. The lowest BCUT2D eigenvalue weighted by Gasteiger charge is -2.17. The zero-order chi connectivity index (χ0) is 20.5. The van der Waals surface area contributed by atoms with Crippen LogP contribution in [0.5, 0.6) is 0 Å². The molecule has 0 unspecified atom stereocenters. The molecule has 0 aliphatic heterocycles. The van der Waals surface area contributed by atoms with Crippen LogP contribution in [0.2, 0.25) is 10.0 Å². The van der Waals surface area contributed by atoms with Crippen molar-refractivity contribution in [1.29, 1.82) is 0 Å². The second-order valence-electron chi connectivity index (χ2n) is 5.82. The molecule has 28 heavy (non-hydrogen) atoms. The van der Waals surface area contributed by atoms with Gasteiger partial charge in [-0.25, -0.2) is 4.79 Å². The highest BCUT2D eigenvalue weighted by atomic mass is 35.5. The molecule has 1 atom stereocenters. The monoisotopic (exact) mass is 419 g/mol. The lowest BCUT2D eigenvalue weighted by molar-refractivity contribution is -0.142. The Bertz CT molecular complexity index is 881. The molecule has 1 amide bonds. The van der Waals surface area contributed by atoms with Crippen molar-refractivity contribution in [3.05, 3.63) is 69.2 Å². The van der Waals surface area contributed by atoms with E-state index in [1.165, 1.54) is 7.11 Å². The molecule has 0 spiro atoms. The number of carbonyl (C=O) groups is 2. The van der Waals surface area contributed by atoms with Gasteiger partial charge in [0.2, 0.25) is 0 Å². The molecule has 5 nitrogen and oxygen atoms in total. The number of methoxy groups -OCH3 is 1. The summed E-state index contributed by atoms with van der Waals surface area (Å²) in [6.07, 6.45) is 0.633. The van der Waals surface area contributed by atoms with Crippen LogP contribution in [0.3, 0.4) is 0 Å². The molecule has 0 aliphatic rings. The summed E-state index contributed by atoms with van der Waals surface area (Å²) in [6.45, 7) is 0.0149. The number of nitrogens with one attached hydrogen (secondary N) is 1. The van der Waals surface area contributed by atoms with Gasteiger partial charge >= 0.3 is 5.97 Å². The van der Waals surface area contributed by atoms with Gasteiger partial charge in [0.25, 0.3) is 5.91 Å². The number of hydrogen-bond acceptors (Lipinski definition) is 4. The number of aliphatic hydroxyl groups is 1. The van der Waals surface area contributed by atoms with E-state index in [-0.39, 0.29) is 28.6 Å². The van der Waals surface area contributed by atoms with Gasteiger partial charge in [0.05, 0.1) is 29.3 Å². The number of hydrogen-bond donors (Lipinski definition) is 2. The number of ether oxygens (including phenoxy) is 1. The van der Waals surface area contributed by atoms with Crippen molar-refractivity contribution in [3.8, 4) is 11.8 Å². The Kier molecular flexibility index (Phi) is 8.34. The van der Waals surface area contributed by atoms with Crippen LogP contribution in [0.15, 0.2) is 42.5 Å². The zero-order valence-corrected chi connectivity index (χ0v) is 16.7. The van der Waals surface area contributed by atoms with Gasteiger partial charge in [0, 0.05) is 18.4 Å². The van der Waals surface area contributed by atoms with Gasteiger partial charge in [0.1, 0.15) is 6.04 Å². The van der Waals surface area contributed by atoms with Gasteiger partial charge in [-0.1, -0.05) is 53.2 Å². The molecule has 2 aromatic rings. The Hall–Kier alpha value is -2.52. The fourth-order valence-corrected chi connectivity index (χ4v) is 3.03. The molecule has 0 saturated carbocycles. The Labute approximate surface area is 173 Å². The van der Waals surface area contributed by atoms with Crippen LogP contribution in [-0.2, 0) is 16.0 Å². The number of aliphatic hydroxyl groups excluding tert-OH is 1. The van der Waals surface area contributed by atoms with Crippen LogP contribution in [0, 0.1) is 11.8 Å². The van der Waals surface area contributed by atoms with Gasteiger partial charge in [-0.05, 0) is 29.8 Å². The third-order valence-corrected chi connectivity index (χ3v) is 4.47. The summed E-state index contributed by atoms with van der Waals surface area (Å²) >= 11 is 12.1. The van der Waals surface area contributed by atoms with Crippen LogP contribution >= 0.6 is 23.2 Å². The third kappa shape index (κ3) is 6.00. The van der Waals surface area contributed by atoms with E-state index in [9.17, 15) is 9.59 Å². The molecule has 0 aliphatic carbocycles. The normalized spacial score (nSPS) is 11.1. The van der Waals surface area contributed by atoms with E-state index in [1.807, 2.05) is 12.1 Å². The molecule has 0 heterocycles. The third-order valence-electron chi connectivity index (χ3n) is 3.84. The first-order valence-electron chi connectivity index (χ1n) is 8.47. The van der Waals surface area contributed by atoms with E-state index in [0.717, 1.165) is 11.1 Å². The summed E-state index contributed by atoms with van der Waals surface area (Å²) in [5.41, 5.74) is 1.71. The fraction of sp³-hybridized carbons (Fsp3) is 0.238. The van der Waals surface area contributed by atoms with Gasteiger partial charge in [-0.2, -0.15) is 0 Å². The minimum Gasteiger partial charge on any atom is -0.467 e. The SMILES string of the molecule is COC(=O)[C@H](Cc1ccc(C#CCCO)cc1)NC(=O)c1c(Cl)cccc1Cl. The number of esters is 1. The Morgan fingerprint density at radius 2 is 1.79 bits per heavy atom. The molecule has 0 fully saturated rings. The van der Waals surface area contributed by atoms with Crippen LogP contribution in [0.4, 0.5) is 0 Å². The van der Waals surface area contributed by atoms with Crippen LogP contribution in [-0.4, -0.2) is 36.7 Å². The minimum absolute atomic E-state index is 0.0149. The van der Waals surface area contributed by atoms with E-state index in [1.54, 1.807) is 30.3 Å². The maximum atomic E-state index is 12.6. The molecular formula is C21H19Cl2NO4. The number of amides is 1. The highest BCUT2D eigenvalue weighted by Gasteiger charge is 2.24. The number of carbonyl (C=O) groups excluding carboxylic acids is 2. The van der Waals surface area contributed by atoms with Gasteiger partial charge in [-0.3, -0.25) is 4.79 Å². The van der Waals surface area contributed by atoms with Gasteiger partial charge in [-0.15, -0.1) is 0 Å². The van der Waals surface area contributed by atoms with Crippen LogP contribution < -0.4 is 5.32 Å². The van der Waals surface area contributed by atoms with E-state index in [4.69, 9.17) is 33.0 Å². The zero-order valence-electron chi connectivity index (χ0n) is 15.2. The minimum atomic E-state index is -0.906. The van der Waals surface area contributed by atoms with Crippen LogP contribution in [0.25, 0.3) is 0 Å². The Balaban J connectivity index is 2.15. The first-order chi connectivity index (χ1) is 13.5. The maximum Gasteiger partial charge on any atom is 0.328 e. The van der Waals surface area contributed by atoms with Crippen molar-refractivity contribution in [2.24, 2.45) is 0 Å². The number of halogens is 2. The second-order valence-corrected chi connectivity index (χ2v) is 6.64. The average molecular weight is 420 g/mol. The van der Waals surface area contributed by atoms with Gasteiger partial charge in [0.15, 0.2) is 0 Å². The molecule has 0 aromatic heterocycles. The van der Waals surface area contributed by atoms with E-state index in [0.29, 0.717) is 6.42 Å². The van der Waals surface area contributed by atoms with E-state index in [2.05, 4.69) is 17.2 Å². The Morgan fingerprint density at radius 3 is 2.36 bits per heavy atom. The van der Waals surface area contributed by atoms with E-state index >= 15 is 0 Å². The Morgan fingerprint density at radius 1 is 1.14 bits per heavy atom. The fourth-order valence-electron chi connectivity index (χ4n) is 2.46. The van der Waals surface area contributed by atoms with Crippen molar-refractivity contribution >= 4 is 35.1 Å². The van der Waals surface area contributed by atoms with Crippen molar-refractivity contribution in [2.45, 2.75) is 18.9 Å². The van der Waals surface area contributed by atoms with Crippen molar-refractivity contribution in [3.63, 3.8) is 0 Å². The standard InChI is InChI=1S/C21H19Cl2NO4/c1-28-21(27)18(24-20(26)19-16(22)6-4-7-17(19)23)13-15-10-8-14(9-11-15)5-2-3-12-25/h4,6-11,18,25H,3,12-13H2,1H3,(H,24,26)/t18-/m0/s1. The lowest BCUT2D eigenvalue weighted by atomic mass is 10.0. The highest BCUT2D eigenvalue weighted by molar-refractivity contribution is 6.39. The molecular weight excluding hydrogens is 401 g/mol. The molecule has 2 N–H and O–H groups in total. The maximum absolute atomic E-state index is 12.6. The summed E-state index contributed by atoms with van der Waals surface area (Å²) < 4.78 is 4.81. The average Bonchev–Trinajstić information content (AvgIpc) is 2.68. The second kappa shape index (κ2) is 10.7. The van der Waals surface area contributed by atoms with Gasteiger partial charge < -0.3 is 15.2 Å². The van der Waals surface area contributed by atoms with Crippen molar-refractivity contribution in [1.82, 2.24) is 5.32 Å². The summed E-state index contributed by atoms with van der Waals surface area (Å²) in [7, 11) is 1.25. The summed E-state index contributed by atoms with van der Waals surface area (Å²) in [5, 5.41) is 11.8. The molecule has 7 heteroatoms. The molecule has 146 valence electrons. The summed E-state index contributed by atoms with van der Waals surface area (Å²) in [5.74, 6) is 4.63. The number of benzene rings is 2. The van der Waals surface area contributed by atoms with Crippen molar-refractivity contribution in [2.75, 3.05) is 13.7 Å².